The third-order valence-electron chi connectivity index (χ3n) is 2.76. The Balaban J connectivity index is 2.23. The normalized spacial score (nSPS) is 12.6. The highest BCUT2D eigenvalue weighted by Gasteiger charge is 2.12. The monoisotopic (exact) mass is 343 g/mol. The predicted octanol–water partition coefficient (Wildman–Crippen LogP) is 5.06. The molecule has 0 aliphatic rings. The molecular weight excluding hydrogens is 330 g/mol. The van der Waals surface area contributed by atoms with E-state index in [1.54, 1.807) is 11.3 Å². The third kappa shape index (κ3) is 3.82. The van der Waals surface area contributed by atoms with Gasteiger partial charge in [-0.2, -0.15) is 11.3 Å². The van der Waals surface area contributed by atoms with Gasteiger partial charge in [0.05, 0.1) is 0 Å². The molecule has 18 heavy (non-hydrogen) atoms. The molecule has 0 aliphatic carbocycles. The molecule has 1 unspecified atom stereocenters. The number of benzene rings is 1. The second-order valence-corrected chi connectivity index (χ2v) is 6.28. The molecular formula is C14H15BrClNS. The van der Waals surface area contributed by atoms with E-state index in [-0.39, 0.29) is 0 Å². The fourth-order valence-electron chi connectivity index (χ4n) is 1.98. The zero-order valence-electron chi connectivity index (χ0n) is 10.1. The largest absolute Gasteiger partial charge is 0.310 e. The van der Waals surface area contributed by atoms with Gasteiger partial charge in [0.25, 0.3) is 0 Å². The van der Waals surface area contributed by atoms with Gasteiger partial charge in [-0.1, -0.05) is 34.5 Å². The molecule has 0 saturated carbocycles. The van der Waals surface area contributed by atoms with Crippen LogP contribution in [-0.4, -0.2) is 6.54 Å². The highest BCUT2D eigenvalue weighted by Crippen LogP contribution is 2.26. The van der Waals surface area contributed by atoms with Crippen LogP contribution in [0.3, 0.4) is 0 Å². The van der Waals surface area contributed by atoms with Crippen molar-refractivity contribution in [3.63, 3.8) is 0 Å². The minimum atomic E-state index is 0.305. The summed E-state index contributed by atoms with van der Waals surface area (Å²) in [4.78, 5) is 0. The molecule has 4 heteroatoms. The Kier molecular flexibility index (Phi) is 5.25. The van der Waals surface area contributed by atoms with Crippen LogP contribution < -0.4 is 5.32 Å². The summed E-state index contributed by atoms with van der Waals surface area (Å²) in [5, 5.41) is 8.60. The molecule has 2 aromatic rings. The molecule has 1 heterocycles. The maximum Gasteiger partial charge on any atom is 0.0420 e. The summed E-state index contributed by atoms with van der Waals surface area (Å²) in [6, 6.07) is 8.56. The van der Waals surface area contributed by atoms with Crippen molar-refractivity contribution in [3.8, 4) is 0 Å². The third-order valence-corrected chi connectivity index (χ3v) is 4.17. The van der Waals surface area contributed by atoms with Crippen molar-refractivity contribution in [1.29, 1.82) is 0 Å². The Morgan fingerprint density at radius 3 is 2.83 bits per heavy atom. The van der Waals surface area contributed by atoms with E-state index in [1.807, 2.05) is 12.1 Å². The molecule has 0 radical (unpaired) electrons. The van der Waals surface area contributed by atoms with Crippen LogP contribution in [0.25, 0.3) is 0 Å². The Labute approximate surface area is 125 Å². The highest BCUT2D eigenvalue weighted by atomic mass is 79.9. The Morgan fingerprint density at radius 1 is 1.39 bits per heavy atom. The lowest BCUT2D eigenvalue weighted by molar-refractivity contribution is 0.550. The molecule has 0 saturated heterocycles. The second kappa shape index (κ2) is 6.71. The number of hydrogen-bond acceptors (Lipinski definition) is 2. The molecule has 96 valence electrons. The minimum Gasteiger partial charge on any atom is -0.310 e. The van der Waals surface area contributed by atoms with E-state index in [4.69, 9.17) is 11.6 Å². The fourth-order valence-corrected chi connectivity index (χ4v) is 3.54. The van der Waals surface area contributed by atoms with Crippen LogP contribution in [0.15, 0.2) is 39.5 Å². The van der Waals surface area contributed by atoms with Crippen molar-refractivity contribution in [2.24, 2.45) is 0 Å². The lowest BCUT2D eigenvalue weighted by Gasteiger charge is -2.18. The smallest absolute Gasteiger partial charge is 0.0420 e. The number of likely N-dealkylation sites (N-methyl/N-ethyl adjacent to an activating group) is 1. The van der Waals surface area contributed by atoms with E-state index in [0.717, 1.165) is 22.5 Å². The maximum absolute atomic E-state index is 6.12. The summed E-state index contributed by atoms with van der Waals surface area (Å²) >= 11 is 11.4. The van der Waals surface area contributed by atoms with E-state index in [2.05, 4.69) is 51.1 Å². The van der Waals surface area contributed by atoms with Crippen molar-refractivity contribution >= 4 is 38.9 Å². The van der Waals surface area contributed by atoms with Crippen LogP contribution >= 0.6 is 38.9 Å². The van der Waals surface area contributed by atoms with Gasteiger partial charge >= 0.3 is 0 Å². The number of nitrogens with one attached hydrogen (secondary N) is 1. The van der Waals surface area contributed by atoms with E-state index < -0.39 is 0 Å². The van der Waals surface area contributed by atoms with Crippen molar-refractivity contribution in [1.82, 2.24) is 5.32 Å². The summed E-state index contributed by atoms with van der Waals surface area (Å²) in [7, 11) is 0. The number of rotatable bonds is 5. The summed E-state index contributed by atoms with van der Waals surface area (Å²) in [5.41, 5.74) is 2.59. The van der Waals surface area contributed by atoms with Gasteiger partial charge in [0, 0.05) is 15.5 Å². The molecule has 1 atom stereocenters. The van der Waals surface area contributed by atoms with Crippen molar-refractivity contribution in [2.45, 2.75) is 19.4 Å². The van der Waals surface area contributed by atoms with Crippen LogP contribution in [0.5, 0.6) is 0 Å². The zero-order chi connectivity index (χ0) is 13.0. The number of thiophene rings is 1. The second-order valence-electron chi connectivity index (χ2n) is 4.15. The molecule has 1 aromatic heterocycles. The van der Waals surface area contributed by atoms with Crippen LogP contribution in [-0.2, 0) is 6.42 Å². The van der Waals surface area contributed by atoms with Crippen LogP contribution in [0.1, 0.15) is 24.1 Å². The predicted molar refractivity (Wildman–Crippen MR) is 83.6 cm³/mol. The average molecular weight is 345 g/mol. The number of halogens is 2. The molecule has 0 aliphatic heterocycles. The Hall–Kier alpha value is -0.350. The fraction of sp³-hybridized carbons (Fsp3) is 0.286. The van der Waals surface area contributed by atoms with Gasteiger partial charge in [-0.3, -0.25) is 0 Å². The molecule has 1 nitrogen and oxygen atoms in total. The SMILES string of the molecule is CCNC(Cc1ccsc1)c1cc(Cl)cc(Br)c1. The Bertz CT molecular complexity index is 478. The topological polar surface area (TPSA) is 12.0 Å². The lowest BCUT2D eigenvalue weighted by atomic mass is 10.0. The van der Waals surface area contributed by atoms with Gasteiger partial charge in [-0.25, -0.2) is 0 Å². The van der Waals surface area contributed by atoms with Crippen molar-refractivity contribution < 1.29 is 0 Å². The van der Waals surface area contributed by atoms with Gasteiger partial charge < -0.3 is 5.32 Å². The molecule has 1 aromatic carbocycles. The summed E-state index contributed by atoms with van der Waals surface area (Å²) in [6.45, 7) is 3.07. The zero-order valence-corrected chi connectivity index (χ0v) is 13.3. The van der Waals surface area contributed by atoms with E-state index >= 15 is 0 Å². The molecule has 2 rings (SSSR count). The molecule has 1 N–H and O–H groups in total. The first-order chi connectivity index (χ1) is 8.69. The summed E-state index contributed by atoms with van der Waals surface area (Å²) in [6.07, 6.45) is 0.990. The maximum atomic E-state index is 6.12. The first-order valence-electron chi connectivity index (χ1n) is 5.89. The van der Waals surface area contributed by atoms with E-state index in [1.165, 1.54) is 11.1 Å². The quantitative estimate of drug-likeness (QED) is 0.799. The van der Waals surface area contributed by atoms with Gasteiger partial charge in [0.1, 0.15) is 0 Å². The molecule has 0 amide bonds. The average Bonchev–Trinajstić information content (AvgIpc) is 2.80. The lowest BCUT2D eigenvalue weighted by Crippen LogP contribution is -2.22. The van der Waals surface area contributed by atoms with E-state index in [9.17, 15) is 0 Å². The molecule has 0 bridgehead atoms. The first kappa shape index (κ1) is 14.1. The van der Waals surface area contributed by atoms with Gasteiger partial charge in [-0.05, 0) is 59.1 Å². The number of hydrogen-bond donors (Lipinski definition) is 1. The van der Waals surface area contributed by atoms with Gasteiger partial charge in [0.15, 0.2) is 0 Å². The molecule has 0 spiro atoms. The van der Waals surface area contributed by atoms with Crippen LogP contribution in [0, 0.1) is 0 Å². The van der Waals surface area contributed by atoms with E-state index in [0.29, 0.717) is 6.04 Å². The minimum absolute atomic E-state index is 0.305. The summed E-state index contributed by atoms with van der Waals surface area (Å²) < 4.78 is 1.03. The first-order valence-corrected chi connectivity index (χ1v) is 8.01. The Morgan fingerprint density at radius 2 is 2.22 bits per heavy atom. The van der Waals surface area contributed by atoms with Crippen molar-refractivity contribution in [3.05, 3.63) is 55.6 Å². The van der Waals surface area contributed by atoms with Crippen LogP contribution in [0.2, 0.25) is 5.02 Å². The van der Waals surface area contributed by atoms with Crippen LogP contribution in [0.4, 0.5) is 0 Å². The van der Waals surface area contributed by atoms with Gasteiger partial charge in [0.2, 0.25) is 0 Å². The van der Waals surface area contributed by atoms with Crippen molar-refractivity contribution in [2.75, 3.05) is 6.54 Å². The molecule has 0 fully saturated rings. The summed E-state index contributed by atoms with van der Waals surface area (Å²) in [5.74, 6) is 0. The standard InChI is InChI=1S/C14H15BrClNS/c1-2-17-14(5-10-3-4-18-9-10)11-6-12(15)8-13(16)7-11/h3-4,6-9,14,17H,2,5H2,1H3. The van der Waals surface area contributed by atoms with Gasteiger partial charge in [-0.15, -0.1) is 0 Å². The highest BCUT2D eigenvalue weighted by molar-refractivity contribution is 9.10.